The second kappa shape index (κ2) is 9.17. The SMILES string of the molecule is CN(C)Cc1c(C(=O)NCC(F)(F)CN)oc2ccccc12.Cl.Cl. The molecule has 0 aliphatic rings. The van der Waals surface area contributed by atoms with Gasteiger partial charge in [0.05, 0.1) is 13.1 Å². The van der Waals surface area contributed by atoms with E-state index in [1.54, 1.807) is 12.1 Å². The maximum Gasteiger partial charge on any atom is 0.287 e. The molecule has 136 valence electrons. The first-order valence-corrected chi connectivity index (χ1v) is 6.85. The Kier molecular flexibility index (Phi) is 8.63. The van der Waals surface area contributed by atoms with Crippen molar-refractivity contribution < 1.29 is 18.0 Å². The zero-order valence-electron chi connectivity index (χ0n) is 13.3. The first kappa shape index (κ1) is 22.6. The number of rotatable bonds is 6. The molecule has 1 aromatic carbocycles. The van der Waals surface area contributed by atoms with Gasteiger partial charge < -0.3 is 20.4 Å². The van der Waals surface area contributed by atoms with Crippen molar-refractivity contribution in [2.75, 3.05) is 27.2 Å². The fourth-order valence-electron chi connectivity index (χ4n) is 2.12. The molecule has 0 saturated carbocycles. The van der Waals surface area contributed by atoms with E-state index in [0.29, 0.717) is 17.7 Å². The molecule has 1 heterocycles. The molecule has 0 unspecified atom stereocenters. The van der Waals surface area contributed by atoms with Crippen LogP contribution in [-0.4, -0.2) is 43.9 Å². The van der Waals surface area contributed by atoms with Crippen molar-refractivity contribution >= 4 is 41.7 Å². The van der Waals surface area contributed by atoms with Crippen LogP contribution in [0, 0.1) is 0 Å². The molecule has 0 radical (unpaired) electrons. The summed E-state index contributed by atoms with van der Waals surface area (Å²) < 4.78 is 31.9. The Balaban J connectivity index is 0.00000264. The molecule has 2 aromatic rings. The average Bonchev–Trinajstić information content (AvgIpc) is 2.83. The number of amides is 1. The Labute approximate surface area is 151 Å². The lowest BCUT2D eigenvalue weighted by molar-refractivity contribution is 0.0116. The molecule has 5 nitrogen and oxygen atoms in total. The summed E-state index contributed by atoms with van der Waals surface area (Å²) in [7, 11) is 3.71. The van der Waals surface area contributed by atoms with Crippen molar-refractivity contribution in [2.24, 2.45) is 5.73 Å². The molecule has 3 N–H and O–H groups in total. The first-order chi connectivity index (χ1) is 10.3. The number of nitrogens with zero attached hydrogens (tertiary/aromatic N) is 1. The molecule has 24 heavy (non-hydrogen) atoms. The lowest BCUT2D eigenvalue weighted by Crippen LogP contribution is -2.41. The highest BCUT2D eigenvalue weighted by Crippen LogP contribution is 2.27. The third kappa shape index (κ3) is 5.31. The zero-order chi connectivity index (χ0) is 16.3. The number of benzene rings is 1. The summed E-state index contributed by atoms with van der Waals surface area (Å²) in [5, 5.41) is 2.98. The number of carbonyl (C=O) groups excluding carboxylic acids is 1. The number of nitrogens with two attached hydrogens (primary N) is 1. The molecule has 0 aliphatic carbocycles. The second-order valence-corrected chi connectivity index (χ2v) is 5.39. The van der Waals surface area contributed by atoms with Crippen molar-refractivity contribution in [1.82, 2.24) is 10.2 Å². The van der Waals surface area contributed by atoms with Crippen molar-refractivity contribution in [1.29, 1.82) is 0 Å². The summed E-state index contributed by atoms with van der Waals surface area (Å²) in [5.74, 6) is -3.74. The summed E-state index contributed by atoms with van der Waals surface area (Å²) in [6.07, 6.45) is 0. The zero-order valence-corrected chi connectivity index (χ0v) is 15.0. The largest absolute Gasteiger partial charge is 0.451 e. The van der Waals surface area contributed by atoms with Gasteiger partial charge in [-0.1, -0.05) is 18.2 Å². The number of halogens is 4. The Hall–Kier alpha value is -1.41. The van der Waals surface area contributed by atoms with E-state index >= 15 is 0 Å². The molecule has 1 aromatic heterocycles. The lowest BCUT2D eigenvalue weighted by atomic mass is 10.1. The molecule has 0 spiro atoms. The van der Waals surface area contributed by atoms with Crippen LogP contribution in [0.4, 0.5) is 8.78 Å². The van der Waals surface area contributed by atoms with Crippen LogP contribution < -0.4 is 11.1 Å². The van der Waals surface area contributed by atoms with Crippen molar-refractivity contribution in [3.63, 3.8) is 0 Å². The molecular weight excluding hydrogens is 363 g/mol. The third-order valence-corrected chi connectivity index (χ3v) is 3.19. The number of fused-ring (bicyclic) bond motifs is 1. The topological polar surface area (TPSA) is 71.5 Å². The third-order valence-electron chi connectivity index (χ3n) is 3.19. The molecule has 2 rings (SSSR count). The number of alkyl halides is 2. The van der Waals surface area contributed by atoms with Gasteiger partial charge in [0.2, 0.25) is 0 Å². The van der Waals surface area contributed by atoms with Gasteiger partial charge in [-0.15, -0.1) is 24.8 Å². The summed E-state index contributed by atoms with van der Waals surface area (Å²) in [4.78, 5) is 14.1. The van der Waals surface area contributed by atoms with Crippen LogP contribution in [0.3, 0.4) is 0 Å². The molecule has 0 saturated heterocycles. The Bertz CT molecular complexity index is 678. The fraction of sp³-hybridized carbons (Fsp3) is 0.400. The second-order valence-electron chi connectivity index (χ2n) is 5.39. The van der Waals surface area contributed by atoms with Gasteiger partial charge in [0, 0.05) is 17.5 Å². The predicted octanol–water partition coefficient (Wildman–Crippen LogP) is 2.66. The molecule has 0 aliphatic heterocycles. The Morgan fingerprint density at radius 3 is 2.50 bits per heavy atom. The van der Waals surface area contributed by atoms with E-state index in [2.05, 4.69) is 5.32 Å². The van der Waals surface area contributed by atoms with Gasteiger partial charge in [0.15, 0.2) is 5.76 Å². The number of nitrogens with one attached hydrogen (secondary N) is 1. The summed E-state index contributed by atoms with van der Waals surface area (Å²) >= 11 is 0. The molecule has 0 atom stereocenters. The van der Waals surface area contributed by atoms with E-state index in [9.17, 15) is 13.6 Å². The molecule has 1 amide bonds. The lowest BCUT2D eigenvalue weighted by Gasteiger charge is -2.14. The van der Waals surface area contributed by atoms with Crippen LogP contribution in [0.1, 0.15) is 16.1 Å². The van der Waals surface area contributed by atoms with Crippen LogP contribution in [0.2, 0.25) is 0 Å². The molecule has 0 fully saturated rings. The van der Waals surface area contributed by atoms with E-state index < -0.39 is 24.9 Å². The smallest absolute Gasteiger partial charge is 0.287 e. The molecular formula is C15H21Cl2F2N3O2. The quantitative estimate of drug-likeness (QED) is 0.804. The molecule has 9 heteroatoms. The van der Waals surface area contributed by atoms with Crippen molar-refractivity contribution in [2.45, 2.75) is 12.5 Å². The van der Waals surface area contributed by atoms with Crippen molar-refractivity contribution in [3.8, 4) is 0 Å². The van der Waals surface area contributed by atoms with E-state index in [0.717, 1.165) is 5.39 Å². The van der Waals surface area contributed by atoms with Crippen LogP contribution >= 0.6 is 24.8 Å². The minimum Gasteiger partial charge on any atom is -0.451 e. The van der Waals surface area contributed by atoms with Gasteiger partial charge in [-0.2, -0.15) is 0 Å². The van der Waals surface area contributed by atoms with Crippen molar-refractivity contribution in [3.05, 3.63) is 35.6 Å². The fourth-order valence-corrected chi connectivity index (χ4v) is 2.12. The summed E-state index contributed by atoms with van der Waals surface area (Å²) in [6, 6.07) is 7.19. The Morgan fingerprint density at radius 1 is 1.29 bits per heavy atom. The van der Waals surface area contributed by atoms with Gasteiger partial charge in [0.1, 0.15) is 5.58 Å². The maximum atomic E-state index is 13.2. The number of carbonyl (C=O) groups is 1. The monoisotopic (exact) mass is 383 g/mol. The highest BCUT2D eigenvalue weighted by Gasteiger charge is 2.29. The summed E-state index contributed by atoms with van der Waals surface area (Å²) in [6.45, 7) is -1.17. The highest BCUT2D eigenvalue weighted by molar-refractivity contribution is 5.99. The molecule has 0 bridgehead atoms. The predicted molar refractivity (Wildman–Crippen MR) is 94.4 cm³/mol. The minimum atomic E-state index is -3.14. The van der Waals surface area contributed by atoms with Crippen LogP contribution in [-0.2, 0) is 6.54 Å². The Morgan fingerprint density at radius 2 is 1.92 bits per heavy atom. The van der Waals surface area contributed by atoms with E-state index in [1.165, 1.54) is 0 Å². The average molecular weight is 384 g/mol. The van der Waals surface area contributed by atoms with Gasteiger partial charge >= 0.3 is 0 Å². The van der Waals surface area contributed by atoms with E-state index in [-0.39, 0.29) is 30.6 Å². The maximum absolute atomic E-state index is 13.2. The van der Waals surface area contributed by atoms with E-state index in [1.807, 2.05) is 31.1 Å². The number of hydrogen-bond acceptors (Lipinski definition) is 4. The highest BCUT2D eigenvalue weighted by atomic mass is 35.5. The van der Waals surface area contributed by atoms with Gasteiger partial charge in [-0.3, -0.25) is 4.79 Å². The normalized spacial score (nSPS) is 11.1. The van der Waals surface area contributed by atoms with Crippen LogP contribution in [0.15, 0.2) is 28.7 Å². The van der Waals surface area contributed by atoms with Gasteiger partial charge in [0.25, 0.3) is 11.8 Å². The number of hydrogen-bond donors (Lipinski definition) is 2. The standard InChI is InChI=1S/C15H19F2N3O2.2ClH/c1-20(2)7-11-10-5-3-4-6-12(10)22-13(11)14(21)19-9-15(16,17)8-18;;/h3-6H,7-9,18H2,1-2H3,(H,19,21);2*1H. The van der Waals surface area contributed by atoms with Gasteiger partial charge in [-0.25, -0.2) is 8.78 Å². The summed E-state index contributed by atoms with van der Waals surface area (Å²) in [5.41, 5.74) is 6.18. The van der Waals surface area contributed by atoms with Crippen LogP contribution in [0.5, 0.6) is 0 Å². The van der Waals surface area contributed by atoms with Gasteiger partial charge in [-0.05, 0) is 20.2 Å². The first-order valence-electron chi connectivity index (χ1n) is 6.85. The van der Waals surface area contributed by atoms with Crippen LogP contribution in [0.25, 0.3) is 11.0 Å². The van der Waals surface area contributed by atoms with E-state index in [4.69, 9.17) is 10.2 Å². The minimum absolute atomic E-state index is 0. The number of furan rings is 1. The number of para-hydroxylation sites is 1.